The van der Waals surface area contributed by atoms with Gasteiger partial charge in [-0.15, -0.1) is 0 Å². The molecule has 1 fully saturated rings. The molecule has 4 rings (SSSR count). The van der Waals surface area contributed by atoms with Gasteiger partial charge in [0.25, 0.3) is 17.7 Å². The van der Waals surface area contributed by atoms with Gasteiger partial charge >= 0.3 is 0 Å². The second-order valence-corrected chi connectivity index (χ2v) is 9.32. The first-order chi connectivity index (χ1) is 15.9. The maximum atomic E-state index is 13.3. The fraction of sp³-hybridized carbons (Fsp3) is 0.227. The molecule has 1 saturated heterocycles. The number of furan rings is 2. The van der Waals surface area contributed by atoms with E-state index in [1.807, 2.05) is 0 Å². The number of nitrogens with zero attached hydrogens (tertiary/aromatic N) is 2. The number of sulfone groups is 1. The molecule has 0 radical (unpaired) electrons. The van der Waals surface area contributed by atoms with Gasteiger partial charge in [-0.05, 0) is 36.4 Å². The Bertz CT molecular complexity index is 1210. The van der Waals surface area contributed by atoms with Gasteiger partial charge in [-0.25, -0.2) is 8.42 Å². The molecule has 0 unspecified atom stereocenters. The Balaban J connectivity index is 1.53. The Morgan fingerprint density at radius 2 is 1.36 bits per heavy atom. The maximum absolute atomic E-state index is 13.3. The third kappa shape index (κ3) is 4.67. The van der Waals surface area contributed by atoms with Crippen LogP contribution in [0.2, 0.25) is 0 Å². The molecule has 33 heavy (non-hydrogen) atoms. The summed E-state index contributed by atoms with van der Waals surface area (Å²) < 4.78 is 36.7. The summed E-state index contributed by atoms with van der Waals surface area (Å²) in [7, 11) is -4.26. The number of hydrogen-bond acceptors (Lipinski definition) is 7. The standard InChI is InChI=1S/C22H21N3O7S/c26-19(17-8-4-14-31-17)23-20(33(29,30)16-6-2-1-3-7-16)22(28)25-12-10-24(11-13-25)21(27)18-9-5-15-32-18/h1-9,14-15,20H,10-13H2,(H,23,26)/t20-/m1/s1. The highest BCUT2D eigenvalue weighted by molar-refractivity contribution is 7.92. The van der Waals surface area contributed by atoms with Crippen LogP contribution < -0.4 is 5.32 Å². The zero-order valence-corrected chi connectivity index (χ0v) is 18.2. The van der Waals surface area contributed by atoms with E-state index in [9.17, 15) is 22.8 Å². The summed E-state index contributed by atoms with van der Waals surface area (Å²) in [5.74, 6) is -1.87. The van der Waals surface area contributed by atoms with Crippen LogP contribution in [-0.4, -0.2) is 67.5 Å². The Kier molecular flexibility index (Phi) is 6.31. The van der Waals surface area contributed by atoms with Crippen molar-refractivity contribution in [2.75, 3.05) is 26.2 Å². The largest absolute Gasteiger partial charge is 0.459 e. The SMILES string of the molecule is O=C(N[C@@H](C(=O)N1CCN(C(=O)c2ccco2)CC1)S(=O)(=O)c1ccccc1)c1ccco1. The Hall–Kier alpha value is -3.86. The van der Waals surface area contributed by atoms with E-state index in [1.165, 1.54) is 58.7 Å². The van der Waals surface area contributed by atoms with Gasteiger partial charge in [0, 0.05) is 26.2 Å². The van der Waals surface area contributed by atoms with Crippen molar-refractivity contribution in [2.45, 2.75) is 10.3 Å². The highest BCUT2D eigenvalue weighted by Gasteiger charge is 2.40. The lowest BCUT2D eigenvalue weighted by atomic mass is 10.2. The van der Waals surface area contributed by atoms with Crippen molar-refractivity contribution < 1.29 is 31.6 Å². The minimum Gasteiger partial charge on any atom is -0.459 e. The third-order valence-electron chi connectivity index (χ3n) is 5.22. The zero-order chi connectivity index (χ0) is 23.4. The monoisotopic (exact) mass is 471 g/mol. The average Bonchev–Trinajstić information content (AvgIpc) is 3.57. The van der Waals surface area contributed by atoms with Crippen LogP contribution in [0.15, 0.2) is 80.9 Å². The van der Waals surface area contributed by atoms with E-state index in [-0.39, 0.29) is 48.5 Å². The number of rotatable bonds is 6. The summed E-state index contributed by atoms with van der Waals surface area (Å²) in [6.07, 6.45) is 2.67. The van der Waals surface area contributed by atoms with Gasteiger partial charge in [-0.1, -0.05) is 18.2 Å². The topological polar surface area (TPSA) is 130 Å². The summed E-state index contributed by atoms with van der Waals surface area (Å²) in [6.45, 7) is 0.580. The highest BCUT2D eigenvalue weighted by Crippen LogP contribution is 2.18. The van der Waals surface area contributed by atoms with Crippen molar-refractivity contribution in [3.05, 3.63) is 78.6 Å². The highest BCUT2D eigenvalue weighted by atomic mass is 32.2. The summed E-state index contributed by atoms with van der Waals surface area (Å²) in [5.41, 5.74) is 0. The van der Waals surface area contributed by atoms with Gasteiger partial charge in [0.05, 0.1) is 17.4 Å². The van der Waals surface area contributed by atoms with E-state index in [1.54, 1.807) is 18.2 Å². The molecule has 3 amide bonds. The number of piperazine rings is 1. The lowest BCUT2D eigenvalue weighted by molar-refractivity contribution is -0.132. The van der Waals surface area contributed by atoms with E-state index >= 15 is 0 Å². The summed E-state index contributed by atoms with van der Waals surface area (Å²) in [5, 5.41) is 0.448. The van der Waals surface area contributed by atoms with Gasteiger partial charge in [-0.2, -0.15) is 0 Å². The van der Waals surface area contributed by atoms with Crippen molar-refractivity contribution in [1.29, 1.82) is 0 Å². The Morgan fingerprint density at radius 1 is 0.788 bits per heavy atom. The normalized spacial score (nSPS) is 15.2. The van der Waals surface area contributed by atoms with E-state index < -0.39 is 27.0 Å². The molecule has 2 aromatic heterocycles. The van der Waals surface area contributed by atoms with Crippen LogP contribution in [0.4, 0.5) is 0 Å². The van der Waals surface area contributed by atoms with Crippen molar-refractivity contribution >= 4 is 27.6 Å². The van der Waals surface area contributed by atoms with Crippen LogP contribution in [-0.2, 0) is 14.6 Å². The van der Waals surface area contributed by atoms with Crippen LogP contribution in [0.25, 0.3) is 0 Å². The van der Waals surface area contributed by atoms with E-state index in [2.05, 4.69) is 5.32 Å². The molecule has 0 bridgehead atoms. The number of hydrogen-bond donors (Lipinski definition) is 1. The molecule has 1 aromatic carbocycles. The van der Waals surface area contributed by atoms with Crippen LogP contribution in [0, 0.1) is 0 Å². The molecule has 1 atom stereocenters. The molecule has 1 N–H and O–H groups in total. The second kappa shape index (κ2) is 9.33. The molecule has 11 heteroatoms. The summed E-state index contributed by atoms with van der Waals surface area (Å²) in [6, 6.07) is 13.4. The van der Waals surface area contributed by atoms with Crippen LogP contribution in [0.5, 0.6) is 0 Å². The number of carbonyl (C=O) groups is 3. The molecule has 0 saturated carbocycles. The maximum Gasteiger partial charge on any atom is 0.289 e. The van der Waals surface area contributed by atoms with Gasteiger partial charge < -0.3 is 24.0 Å². The molecule has 3 heterocycles. The second-order valence-electron chi connectivity index (χ2n) is 7.28. The number of nitrogens with one attached hydrogen (secondary N) is 1. The molecular formula is C22H21N3O7S. The number of carbonyl (C=O) groups excluding carboxylic acids is 3. The van der Waals surface area contributed by atoms with Crippen molar-refractivity contribution in [3.8, 4) is 0 Å². The first-order valence-corrected chi connectivity index (χ1v) is 11.7. The smallest absolute Gasteiger partial charge is 0.289 e. The molecule has 0 spiro atoms. The number of amides is 3. The summed E-state index contributed by atoms with van der Waals surface area (Å²) >= 11 is 0. The first kappa shape index (κ1) is 22.3. The van der Waals surface area contributed by atoms with E-state index in [0.29, 0.717) is 0 Å². The molecule has 1 aliphatic rings. The number of benzene rings is 1. The first-order valence-electron chi connectivity index (χ1n) is 10.1. The van der Waals surface area contributed by atoms with Gasteiger partial charge in [-0.3, -0.25) is 14.4 Å². The fourth-order valence-corrected chi connectivity index (χ4v) is 4.95. The van der Waals surface area contributed by atoms with Gasteiger partial charge in [0.1, 0.15) is 0 Å². The van der Waals surface area contributed by atoms with Crippen LogP contribution in [0.3, 0.4) is 0 Å². The van der Waals surface area contributed by atoms with Crippen LogP contribution >= 0.6 is 0 Å². The molecule has 3 aromatic rings. The van der Waals surface area contributed by atoms with E-state index in [0.717, 1.165) is 0 Å². The van der Waals surface area contributed by atoms with Gasteiger partial charge in [0.2, 0.25) is 15.2 Å². The lowest BCUT2D eigenvalue weighted by Crippen LogP contribution is -2.57. The predicted octanol–water partition coefficient (Wildman–Crippen LogP) is 1.39. The fourth-order valence-electron chi connectivity index (χ4n) is 3.47. The van der Waals surface area contributed by atoms with Crippen molar-refractivity contribution in [1.82, 2.24) is 15.1 Å². The molecule has 10 nitrogen and oxygen atoms in total. The van der Waals surface area contributed by atoms with E-state index in [4.69, 9.17) is 8.83 Å². The lowest BCUT2D eigenvalue weighted by Gasteiger charge is -2.36. The summed E-state index contributed by atoms with van der Waals surface area (Å²) in [4.78, 5) is 41.1. The zero-order valence-electron chi connectivity index (χ0n) is 17.4. The van der Waals surface area contributed by atoms with Crippen LogP contribution in [0.1, 0.15) is 21.1 Å². The third-order valence-corrected chi connectivity index (χ3v) is 7.09. The quantitative estimate of drug-likeness (QED) is 0.575. The predicted molar refractivity (Wildman–Crippen MR) is 115 cm³/mol. The molecule has 0 aliphatic carbocycles. The average molecular weight is 471 g/mol. The molecule has 172 valence electrons. The van der Waals surface area contributed by atoms with Crippen molar-refractivity contribution in [3.63, 3.8) is 0 Å². The van der Waals surface area contributed by atoms with Crippen molar-refractivity contribution in [2.24, 2.45) is 0 Å². The Morgan fingerprint density at radius 3 is 1.94 bits per heavy atom. The minimum absolute atomic E-state index is 0.0999. The minimum atomic E-state index is -4.26. The molecular weight excluding hydrogens is 450 g/mol. The van der Waals surface area contributed by atoms with Gasteiger partial charge in [0.15, 0.2) is 11.5 Å². The molecule has 1 aliphatic heterocycles. The Labute approximate surface area is 189 Å².